The highest BCUT2D eigenvalue weighted by Crippen LogP contribution is 2.16. The average Bonchev–Trinajstić information content (AvgIpc) is 2.66. The molecule has 0 bridgehead atoms. The summed E-state index contributed by atoms with van der Waals surface area (Å²) in [5, 5.41) is 8.69. The summed E-state index contributed by atoms with van der Waals surface area (Å²) in [6.07, 6.45) is 0.631. The van der Waals surface area contributed by atoms with Crippen molar-refractivity contribution in [1.29, 1.82) is 0 Å². The molecule has 1 rings (SSSR count). The molecule has 0 saturated heterocycles. The number of hydrogen-bond donors (Lipinski definition) is 1. The zero-order chi connectivity index (χ0) is 12.9. The Bertz CT molecular complexity index is 456. The molecule has 6 nitrogen and oxygen atoms in total. The van der Waals surface area contributed by atoms with Gasteiger partial charge in [0.25, 0.3) is 0 Å². The molecule has 2 N–H and O–H groups in total. The summed E-state index contributed by atoms with van der Waals surface area (Å²) < 4.78 is 24.4. The Labute approximate surface area is 106 Å². The fraction of sp³-hybridized carbons (Fsp3) is 0.778. The Morgan fingerprint density at radius 2 is 2.12 bits per heavy atom. The number of rotatable bonds is 7. The van der Waals surface area contributed by atoms with Gasteiger partial charge in [-0.2, -0.15) is 0 Å². The van der Waals surface area contributed by atoms with Crippen LogP contribution in [0.25, 0.3) is 0 Å². The second-order valence-electron chi connectivity index (χ2n) is 3.60. The Kier molecular flexibility index (Phi) is 5.41. The van der Waals surface area contributed by atoms with Crippen LogP contribution in [0.4, 0.5) is 0 Å². The molecular formula is C9H18N4O2S2. The molecule has 0 amide bonds. The molecule has 0 aliphatic carbocycles. The van der Waals surface area contributed by atoms with Crippen LogP contribution in [-0.2, 0) is 23.4 Å². The lowest BCUT2D eigenvalue weighted by Gasteiger charge is -2.02. The van der Waals surface area contributed by atoms with Gasteiger partial charge in [-0.3, -0.25) is 0 Å². The van der Waals surface area contributed by atoms with Crippen molar-refractivity contribution in [1.82, 2.24) is 14.8 Å². The first-order valence-corrected chi connectivity index (χ1v) is 8.22. The van der Waals surface area contributed by atoms with E-state index in [0.717, 1.165) is 16.7 Å². The first-order chi connectivity index (χ1) is 8.00. The summed E-state index contributed by atoms with van der Waals surface area (Å²) in [5.41, 5.74) is 5.48. The Balaban J connectivity index is 2.39. The Morgan fingerprint density at radius 1 is 1.41 bits per heavy atom. The summed E-state index contributed by atoms with van der Waals surface area (Å²) in [7, 11) is -1.01. The lowest BCUT2D eigenvalue weighted by molar-refractivity contribution is 0.596. The molecule has 0 spiro atoms. The summed E-state index contributed by atoms with van der Waals surface area (Å²) >= 11 is 1.50. The van der Waals surface area contributed by atoms with E-state index in [1.165, 1.54) is 11.8 Å². The Hall–Kier alpha value is -0.600. The third-order valence-electron chi connectivity index (χ3n) is 2.38. The highest BCUT2D eigenvalue weighted by atomic mass is 32.2. The molecule has 1 aromatic rings. The second-order valence-corrected chi connectivity index (χ2v) is 7.14. The van der Waals surface area contributed by atoms with E-state index in [2.05, 4.69) is 10.2 Å². The van der Waals surface area contributed by atoms with Crippen LogP contribution in [0.1, 0.15) is 19.2 Å². The van der Waals surface area contributed by atoms with E-state index < -0.39 is 9.84 Å². The van der Waals surface area contributed by atoms with Gasteiger partial charge in [0.05, 0.1) is 12.3 Å². The molecule has 8 heteroatoms. The van der Waals surface area contributed by atoms with Crippen molar-refractivity contribution in [3.8, 4) is 0 Å². The van der Waals surface area contributed by atoms with Crippen molar-refractivity contribution >= 4 is 21.6 Å². The van der Waals surface area contributed by atoms with E-state index in [1.807, 2.05) is 11.6 Å². The summed E-state index contributed by atoms with van der Waals surface area (Å²) in [6, 6.07) is 0. The SMILES string of the molecule is CCS(=O)(=O)CCCSc1nnc(CN)n1C. The minimum atomic E-state index is -2.86. The molecule has 0 aliphatic rings. The molecule has 0 saturated carbocycles. The zero-order valence-electron chi connectivity index (χ0n) is 10.1. The van der Waals surface area contributed by atoms with Crippen LogP contribution in [0, 0.1) is 0 Å². The summed E-state index contributed by atoms with van der Waals surface area (Å²) in [4.78, 5) is 0. The molecule has 17 heavy (non-hydrogen) atoms. The molecule has 1 aromatic heterocycles. The third kappa shape index (κ3) is 4.29. The third-order valence-corrected chi connectivity index (χ3v) is 5.28. The van der Waals surface area contributed by atoms with Crippen molar-refractivity contribution in [2.24, 2.45) is 12.8 Å². The highest BCUT2D eigenvalue weighted by molar-refractivity contribution is 7.99. The molecule has 98 valence electrons. The highest BCUT2D eigenvalue weighted by Gasteiger charge is 2.09. The monoisotopic (exact) mass is 278 g/mol. The van der Waals surface area contributed by atoms with Gasteiger partial charge in [-0.15, -0.1) is 10.2 Å². The van der Waals surface area contributed by atoms with E-state index in [-0.39, 0.29) is 11.5 Å². The van der Waals surface area contributed by atoms with Gasteiger partial charge in [0.15, 0.2) is 5.16 Å². The molecule has 0 aromatic carbocycles. The molecule has 0 fully saturated rings. The summed E-state index contributed by atoms with van der Waals surface area (Å²) in [6.45, 7) is 2.02. The predicted octanol–water partition coefficient (Wildman–Crippen LogP) is 0.191. The largest absolute Gasteiger partial charge is 0.324 e. The fourth-order valence-electron chi connectivity index (χ4n) is 1.24. The predicted molar refractivity (Wildman–Crippen MR) is 68.6 cm³/mol. The average molecular weight is 278 g/mol. The lowest BCUT2D eigenvalue weighted by Crippen LogP contribution is -2.09. The van der Waals surface area contributed by atoms with Gasteiger partial charge in [-0.05, 0) is 6.42 Å². The molecule has 0 aliphatic heterocycles. The first-order valence-electron chi connectivity index (χ1n) is 5.41. The maximum atomic E-state index is 11.3. The van der Waals surface area contributed by atoms with Gasteiger partial charge < -0.3 is 10.3 Å². The van der Waals surface area contributed by atoms with Crippen LogP contribution < -0.4 is 5.73 Å². The molecule has 0 radical (unpaired) electrons. The minimum Gasteiger partial charge on any atom is -0.324 e. The van der Waals surface area contributed by atoms with Gasteiger partial charge in [-0.25, -0.2) is 8.42 Å². The zero-order valence-corrected chi connectivity index (χ0v) is 11.7. The minimum absolute atomic E-state index is 0.207. The summed E-state index contributed by atoms with van der Waals surface area (Å²) in [5.74, 6) is 1.89. The number of sulfone groups is 1. The van der Waals surface area contributed by atoms with Crippen molar-refractivity contribution in [3.05, 3.63) is 5.82 Å². The normalized spacial score (nSPS) is 11.9. The van der Waals surface area contributed by atoms with E-state index in [1.54, 1.807) is 6.92 Å². The fourth-order valence-corrected chi connectivity index (χ4v) is 3.16. The van der Waals surface area contributed by atoms with Crippen LogP contribution in [0.3, 0.4) is 0 Å². The number of thioether (sulfide) groups is 1. The maximum absolute atomic E-state index is 11.3. The molecule has 0 atom stereocenters. The first kappa shape index (κ1) is 14.5. The smallest absolute Gasteiger partial charge is 0.190 e. The van der Waals surface area contributed by atoms with E-state index in [9.17, 15) is 8.42 Å². The number of hydrogen-bond acceptors (Lipinski definition) is 6. The van der Waals surface area contributed by atoms with Gasteiger partial charge in [-0.1, -0.05) is 18.7 Å². The van der Waals surface area contributed by atoms with Crippen LogP contribution in [0.5, 0.6) is 0 Å². The van der Waals surface area contributed by atoms with Crippen molar-refractivity contribution in [3.63, 3.8) is 0 Å². The van der Waals surface area contributed by atoms with Crippen LogP contribution in [-0.4, -0.2) is 40.4 Å². The quantitative estimate of drug-likeness (QED) is 0.565. The maximum Gasteiger partial charge on any atom is 0.190 e. The van der Waals surface area contributed by atoms with E-state index >= 15 is 0 Å². The number of nitrogens with two attached hydrogens (primary N) is 1. The van der Waals surface area contributed by atoms with Crippen molar-refractivity contribution in [2.45, 2.75) is 25.0 Å². The second kappa shape index (κ2) is 6.36. The van der Waals surface area contributed by atoms with Crippen LogP contribution in [0.15, 0.2) is 5.16 Å². The Morgan fingerprint density at radius 3 is 2.65 bits per heavy atom. The standard InChI is InChI=1S/C9H18N4O2S2/c1-3-17(14,15)6-4-5-16-9-12-11-8(7-10)13(9)2/h3-7,10H2,1-2H3. The van der Waals surface area contributed by atoms with E-state index in [0.29, 0.717) is 13.0 Å². The van der Waals surface area contributed by atoms with Gasteiger partial charge >= 0.3 is 0 Å². The van der Waals surface area contributed by atoms with Gasteiger partial charge in [0.2, 0.25) is 0 Å². The van der Waals surface area contributed by atoms with E-state index in [4.69, 9.17) is 5.73 Å². The van der Waals surface area contributed by atoms with Gasteiger partial charge in [0, 0.05) is 18.6 Å². The lowest BCUT2D eigenvalue weighted by atomic mass is 10.6. The van der Waals surface area contributed by atoms with Crippen LogP contribution >= 0.6 is 11.8 Å². The van der Waals surface area contributed by atoms with Crippen LogP contribution in [0.2, 0.25) is 0 Å². The molecule has 0 unspecified atom stereocenters. The number of aromatic nitrogens is 3. The number of nitrogens with zero attached hydrogens (tertiary/aromatic N) is 3. The van der Waals surface area contributed by atoms with Gasteiger partial charge in [0.1, 0.15) is 15.7 Å². The molecule has 1 heterocycles. The molecular weight excluding hydrogens is 260 g/mol. The topological polar surface area (TPSA) is 90.9 Å². The van der Waals surface area contributed by atoms with Crippen molar-refractivity contribution in [2.75, 3.05) is 17.3 Å². The van der Waals surface area contributed by atoms with Crippen molar-refractivity contribution < 1.29 is 8.42 Å².